The monoisotopic (exact) mass is 354 g/mol. The number of anilines is 1. The number of allylic oxidation sites excluding steroid dienone is 1. The van der Waals surface area contributed by atoms with Gasteiger partial charge < -0.3 is 10.6 Å². The molecule has 1 amide bonds. The molecular weight excluding hydrogens is 331 g/mol. The van der Waals surface area contributed by atoms with Crippen molar-refractivity contribution < 1.29 is 9.18 Å². The summed E-state index contributed by atoms with van der Waals surface area (Å²) in [6.07, 6.45) is 10.9. The van der Waals surface area contributed by atoms with Crippen LogP contribution in [0, 0.1) is 5.82 Å². The van der Waals surface area contributed by atoms with Gasteiger partial charge in [-0.15, -0.1) is 0 Å². The molecule has 1 heterocycles. The Morgan fingerprint density at radius 3 is 2.77 bits per heavy atom. The molecule has 1 aromatic heterocycles. The van der Waals surface area contributed by atoms with Gasteiger partial charge in [-0.25, -0.2) is 14.4 Å². The number of hydrogen-bond donors (Lipinski definition) is 2. The SMILES string of the molecule is O=C(NCCC1=CCCCC1)c1cnc(NCc2ccccc2F)cn1. The number of nitrogens with zero attached hydrogens (tertiary/aromatic N) is 2. The third kappa shape index (κ3) is 5.12. The molecule has 3 rings (SSSR count). The predicted octanol–water partition coefficient (Wildman–Crippen LogP) is 3.85. The van der Waals surface area contributed by atoms with E-state index in [-0.39, 0.29) is 17.4 Å². The summed E-state index contributed by atoms with van der Waals surface area (Å²) < 4.78 is 13.6. The molecule has 0 saturated heterocycles. The second kappa shape index (κ2) is 9.08. The maximum Gasteiger partial charge on any atom is 0.271 e. The molecular formula is C20H23FN4O. The van der Waals surface area contributed by atoms with E-state index in [2.05, 4.69) is 26.7 Å². The van der Waals surface area contributed by atoms with Gasteiger partial charge in [0, 0.05) is 18.7 Å². The summed E-state index contributed by atoms with van der Waals surface area (Å²) in [5.74, 6) is 0.00349. The van der Waals surface area contributed by atoms with Crippen LogP contribution in [0.1, 0.15) is 48.2 Å². The van der Waals surface area contributed by atoms with Gasteiger partial charge in [-0.2, -0.15) is 0 Å². The molecule has 2 N–H and O–H groups in total. The van der Waals surface area contributed by atoms with Crippen LogP contribution >= 0.6 is 0 Å². The summed E-state index contributed by atoms with van der Waals surface area (Å²) in [5.41, 5.74) is 2.25. The smallest absolute Gasteiger partial charge is 0.271 e. The van der Waals surface area contributed by atoms with Crippen LogP contribution in [0.4, 0.5) is 10.2 Å². The van der Waals surface area contributed by atoms with E-state index in [0.717, 1.165) is 19.3 Å². The number of nitrogens with one attached hydrogen (secondary N) is 2. The fourth-order valence-corrected chi connectivity index (χ4v) is 2.92. The van der Waals surface area contributed by atoms with Crippen LogP contribution in [0.25, 0.3) is 0 Å². The van der Waals surface area contributed by atoms with Gasteiger partial charge in [0.25, 0.3) is 5.91 Å². The lowest BCUT2D eigenvalue weighted by Gasteiger charge is -2.12. The van der Waals surface area contributed by atoms with Crippen LogP contribution < -0.4 is 10.6 Å². The minimum atomic E-state index is -0.267. The first-order valence-corrected chi connectivity index (χ1v) is 8.98. The van der Waals surface area contributed by atoms with E-state index >= 15 is 0 Å². The van der Waals surface area contributed by atoms with Crippen LogP contribution in [0.2, 0.25) is 0 Å². The van der Waals surface area contributed by atoms with Crippen molar-refractivity contribution in [3.8, 4) is 0 Å². The third-order valence-corrected chi connectivity index (χ3v) is 4.42. The summed E-state index contributed by atoms with van der Waals surface area (Å²) in [7, 11) is 0. The fraction of sp³-hybridized carbons (Fsp3) is 0.350. The Bertz CT molecular complexity index is 774. The Labute approximate surface area is 152 Å². The molecule has 1 aromatic carbocycles. The minimum Gasteiger partial charge on any atom is -0.365 e. The number of halogens is 1. The molecule has 1 aliphatic rings. The summed E-state index contributed by atoms with van der Waals surface area (Å²) in [4.78, 5) is 20.4. The summed E-state index contributed by atoms with van der Waals surface area (Å²) in [5, 5.41) is 5.88. The molecule has 0 radical (unpaired) electrons. The van der Waals surface area contributed by atoms with Crippen LogP contribution in [0.15, 0.2) is 48.3 Å². The van der Waals surface area contributed by atoms with Crippen molar-refractivity contribution in [1.82, 2.24) is 15.3 Å². The number of aromatic nitrogens is 2. The molecule has 0 aliphatic heterocycles. The molecule has 2 aromatic rings. The zero-order valence-electron chi connectivity index (χ0n) is 14.7. The normalized spacial score (nSPS) is 13.8. The zero-order chi connectivity index (χ0) is 18.2. The molecule has 0 saturated carbocycles. The van der Waals surface area contributed by atoms with Crippen molar-refractivity contribution in [2.75, 3.05) is 11.9 Å². The van der Waals surface area contributed by atoms with Gasteiger partial charge in [-0.1, -0.05) is 29.8 Å². The van der Waals surface area contributed by atoms with Crippen LogP contribution in [-0.2, 0) is 6.54 Å². The van der Waals surface area contributed by atoms with E-state index in [0.29, 0.717) is 24.5 Å². The second-order valence-electron chi connectivity index (χ2n) is 6.35. The molecule has 0 spiro atoms. The Hall–Kier alpha value is -2.76. The highest BCUT2D eigenvalue weighted by Gasteiger charge is 2.09. The Balaban J connectivity index is 1.46. The molecule has 5 nitrogen and oxygen atoms in total. The topological polar surface area (TPSA) is 66.9 Å². The van der Waals surface area contributed by atoms with Gasteiger partial charge in [0.1, 0.15) is 17.3 Å². The highest BCUT2D eigenvalue weighted by atomic mass is 19.1. The fourth-order valence-electron chi connectivity index (χ4n) is 2.92. The highest BCUT2D eigenvalue weighted by molar-refractivity contribution is 5.91. The number of rotatable bonds is 7. The summed E-state index contributed by atoms with van der Waals surface area (Å²) in [6, 6.07) is 6.55. The maximum atomic E-state index is 13.6. The average Bonchev–Trinajstić information content (AvgIpc) is 2.68. The second-order valence-corrected chi connectivity index (χ2v) is 6.35. The minimum absolute atomic E-state index is 0.227. The van der Waals surface area contributed by atoms with Crippen molar-refractivity contribution in [1.29, 1.82) is 0 Å². The first kappa shape index (κ1) is 18.0. The van der Waals surface area contributed by atoms with E-state index in [1.165, 1.54) is 36.9 Å². The molecule has 1 aliphatic carbocycles. The van der Waals surface area contributed by atoms with Gasteiger partial charge in [-0.05, 0) is 38.2 Å². The zero-order valence-corrected chi connectivity index (χ0v) is 14.7. The van der Waals surface area contributed by atoms with Crippen LogP contribution in [0.5, 0.6) is 0 Å². The van der Waals surface area contributed by atoms with Gasteiger partial charge in [-0.3, -0.25) is 4.79 Å². The molecule has 136 valence electrons. The van der Waals surface area contributed by atoms with E-state index in [1.54, 1.807) is 18.2 Å². The number of hydrogen-bond acceptors (Lipinski definition) is 4. The van der Waals surface area contributed by atoms with Gasteiger partial charge >= 0.3 is 0 Å². The van der Waals surface area contributed by atoms with Crippen LogP contribution in [-0.4, -0.2) is 22.4 Å². The summed E-state index contributed by atoms with van der Waals surface area (Å²) >= 11 is 0. The van der Waals surface area contributed by atoms with Crippen molar-refractivity contribution in [2.45, 2.75) is 38.6 Å². The number of carbonyl (C=O) groups excluding carboxylic acids is 1. The average molecular weight is 354 g/mol. The number of benzene rings is 1. The predicted molar refractivity (Wildman–Crippen MR) is 99.3 cm³/mol. The molecule has 26 heavy (non-hydrogen) atoms. The van der Waals surface area contributed by atoms with Crippen molar-refractivity contribution >= 4 is 11.7 Å². The molecule has 0 fully saturated rings. The lowest BCUT2D eigenvalue weighted by molar-refractivity contribution is 0.0948. The lowest BCUT2D eigenvalue weighted by Crippen LogP contribution is -2.26. The molecule has 0 bridgehead atoms. The van der Waals surface area contributed by atoms with Crippen molar-refractivity contribution in [2.24, 2.45) is 0 Å². The lowest BCUT2D eigenvalue weighted by atomic mass is 9.97. The summed E-state index contributed by atoms with van der Waals surface area (Å²) in [6.45, 7) is 0.918. The Morgan fingerprint density at radius 1 is 1.15 bits per heavy atom. The van der Waals surface area contributed by atoms with Crippen LogP contribution in [0.3, 0.4) is 0 Å². The quantitative estimate of drug-likeness (QED) is 0.741. The Kier molecular flexibility index (Phi) is 6.30. The van der Waals surface area contributed by atoms with E-state index in [1.807, 2.05) is 0 Å². The largest absolute Gasteiger partial charge is 0.365 e. The Morgan fingerprint density at radius 2 is 2.04 bits per heavy atom. The van der Waals surface area contributed by atoms with Gasteiger partial charge in [0.05, 0.1) is 12.4 Å². The van der Waals surface area contributed by atoms with E-state index in [9.17, 15) is 9.18 Å². The standard InChI is InChI=1S/C20H23FN4O/c21-17-9-5-4-8-16(17)12-24-19-14-23-18(13-25-19)20(26)22-11-10-15-6-2-1-3-7-15/h4-6,8-9,13-14H,1-3,7,10-12H2,(H,22,26)(H,24,25). The molecule has 0 unspecified atom stereocenters. The molecule has 0 atom stereocenters. The first-order chi connectivity index (χ1) is 12.7. The van der Waals surface area contributed by atoms with Crippen molar-refractivity contribution in [3.05, 3.63) is 65.4 Å². The van der Waals surface area contributed by atoms with Gasteiger partial charge in [0.2, 0.25) is 0 Å². The molecule has 6 heteroatoms. The number of carbonyl (C=O) groups is 1. The third-order valence-electron chi connectivity index (χ3n) is 4.42. The van der Waals surface area contributed by atoms with E-state index in [4.69, 9.17) is 0 Å². The first-order valence-electron chi connectivity index (χ1n) is 8.98. The van der Waals surface area contributed by atoms with E-state index < -0.39 is 0 Å². The van der Waals surface area contributed by atoms with Crippen molar-refractivity contribution in [3.63, 3.8) is 0 Å². The highest BCUT2D eigenvalue weighted by Crippen LogP contribution is 2.19. The maximum absolute atomic E-state index is 13.6. The van der Waals surface area contributed by atoms with Gasteiger partial charge in [0.15, 0.2) is 0 Å². The number of amides is 1.